The molecule has 2 aromatic rings. The number of guanidine groups is 1. The second-order valence-electron chi connectivity index (χ2n) is 7.49. The van der Waals surface area contributed by atoms with Crippen LogP contribution in [0.4, 0.5) is 0 Å². The van der Waals surface area contributed by atoms with Crippen LogP contribution in [0.15, 0.2) is 15.6 Å². The van der Waals surface area contributed by atoms with Gasteiger partial charge in [0.05, 0.1) is 25.5 Å². The second kappa shape index (κ2) is 10.4. The van der Waals surface area contributed by atoms with Crippen molar-refractivity contribution in [2.24, 2.45) is 12.0 Å². The fourth-order valence-corrected chi connectivity index (χ4v) is 2.93. The number of ether oxygens (including phenoxy) is 1. The van der Waals surface area contributed by atoms with Gasteiger partial charge in [-0.2, -0.15) is 0 Å². The van der Waals surface area contributed by atoms with E-state index >= 15 is 0 Å². The van der Waals surface area contributed by atoms with E-state index in [1.807, 2.05) is 24.6 Å². The quantitative estimate of drug-likeness (QED) is 0.492. The zero-order valence-electron chi connectivity index (χ0n) is 17.8. The van der Waals surface area contributed by atoms with Gasteiger partial charge in [-0.05, 0) is 12.8 Å². The fourth-order valence-electron chi connectivity index (χ4n) is 2.93. The van der Waals surface area contributed by atoms with Crippen LogP contribution in [0.5, 0.6) is 0 Å². The van der Waals surface area contributed by atoms with Crippen molar-refractivity contribution in [3.05, 3.63) is 29.2 Å². The highest BCUT2D eigenvalue weighted by atomic mass is 16.5. The molecule has 1 aliphatic heterocycles. The fraction of sp³-hybridized carbons (Fsp3) is 0.684. The highest BCUT2D eigenvalue weighted by Crippen LogP contribution is 2.13. The lowest BCUT2D eigenvalue weighted by molar-refractivity contribution is 0.0389. The van der Waals surface area contributed by atoms with Crippen LogP contribution < -0.4 is 10.6 Å². The van der Waals surface area contributed by atoms with E-state index in [1.54, 1.807) is 0 Å². The minimum Gasteiger partial charge on any atom is -0.379 e. The van der Waals surface area contributed by atoms with Crippen molar-refractivity contribution in [1.29, 1.82) is 0 Å². The van der Waals surface area contributed by atoms with Crippen LogP contribution in [-0.4, -0.2) is 70.2 Å². The molecule has 29 heavy (non-hydrogen) atoms. The highest BCUT2D eigenvalue weighted by Gasteiger charge is 2.12. The average molecular weight is 405 g/mol. The van der Waals surface area contributed by atoms with E-state index < -0.39 is 0 Å². The lowest BCUT2D eigenvalue weighted by Crippen LogP contribution is -2.44. The first kappa shape index (κ1) is 21.3. The smallest absolute Gasteiger partial charge is 0.192 e. The molecule has 10 nitrogen and oxygen atoms in total. The zero-order chi connectivity index (χ0) is 20.6. The molecule has 3 heterocycles. The Balaban J connectivity index is 1.57. The van der Waals surface area contributed by atoms with Crippen LogP contribution in [0.1, 0.15) is 42.9 Å². The van der Waals surface area contributed by atoms with Crippen LogP contribution in [-0.2, 0) is 24.9 Å². The Morgan fingerprint density at radius 3 is 2.69 bits per heavy atom. The second-order valence-corrected chi connectivity index (χ2v) is 7.49. The summed E-state index contributed by atoms with van der Waals surface area (Å²) in [5, 5.41) is 19.1. The van der Waals surface area contributed by atoms with Crippen LogP contribution in [0.25, 0.3) is 0 Å². The van der Waals surface area contributed by atoms with Gasteiger partial charge in [-0.3, -0.25) is 4.90 Å². The molecule has 0 atom stereocenters. The van der Waals surface area contributed by atoms with Gasteiger partial charge in [-0.15, -0.1) is 10.2 Å². The molecule has 1 saturated heterocycles. The number of morpholine rings is 1. The molecule has 3 rings (SSSR count). The van der Waals surface area contributed by atoms with Gasteiger partial charge in [0.1, 0.15) is 12.4 Å². The van der Waals surface area contributed by atoms with Crippen LogP contribution in [0.2, 0.25) is 0 Å². The van der Waals surface area contributed by atoms with Gasteiger partial charge in [-0.25, -0.2) is 4.99 Å². The number of hydrogen-bond acceptors (Lipinski definition) is 7. The van der Waals surface area contributed by atoms with Crippen molar-refractivity contribution in [1.82, 2.24) is 35.5 Å². The number of aryl methyl sites for hydroxylation is 1. The summed E-state index contributed by atoms with van der Waals surface area (Å²) in [7, 11) is 1.95. The molecule has 10 heteroatoms. The van der Waals surface area contributed by atoms with Gasteiger partial charge in [0.15, 0.2) is 17.5 Å². The molecule has 0 aromatic carbocycles. The van der Waals surface area contributed by atoms with Gasteiger partial charge in [0.2, 0.25) is 0 Å². The van der Waals surface area contributed by atoms with Gasteiger partial charge in [0.25, 0.3) is 0 Å². The molecular weight excluding hydrogens is 372 g/mol. The SMILES string of the molecule is Cc1nnc(CN=C(NCCN2CCOCC2)NCc2cc(C(C)C)no2)n1C. The summed E-state index contributed by atoms with van der Waals surface area (Å²) >= 11 is 0. The minimum atomic E-state index is 0.339. The van der Waals surface area contributed by atoms with Crippen molar-refractivity contribution in [2.75, 3.05) is 39.4 Å². The Labute approximate surface area is 171 Å². The monoisotopic (exact) mass is 404 g/mol. The summed E-state index contributed by atoms with van der Waals surface area (Å²) in [5.41, 5.74) is 0.954. The van der Waals surface area contributed by atoms with E-state index in [0.29, 0.717) is 25.0 Å². The molecule has 0 spiro atoms. The summed E-state index contributed by atoms with van der Waals surface area (Å²) in [6, 6.07) is 1.98. The number of hydrogen-bond donors (Lipinski definition) is 2. The molecule has 0 bridgehead atoms. The van der Waals surface area contributed by atoms with E-state index in [2.05, 4.69) is 49.7 Å². The van der Waals surface area contributed by atoms with E-state index in [9.17, 15) is 0 Å². The highest BCUT2D eigenvalue weighted by molar-refractivity contribution is 5.79. The molecule has 2 N–H and O–H groups in total. The maximum absolute atomic E-state index is 5.42. The topological polar surface area (TPSA) is 106 Å². The van der Waals surface area contributed by atoms with Crippen molar-refractivity contribution < 1.29 is 9.26 Å². The number of nitrogens with zero attached hydrogens (tertiary/aromatic N) is 6. The maximum atomic E-state index is 5.42. The van der Waals surface area contributed by atoms with Crippen LogP contribution in [0.3, 0.4) is 0 Å². The zero-order valence-corrected chi connectivity index (χ0v) is 17.8. The standard InChI is InChI=1S/C19H32N8O2/c1-14(2)17-11-16(29-25-17)12-21-19(20-5-6-27-7-9-28-10-8-27)22-13-18-24-23-15(3)26(18)4/h11,14H,5-10,12-13H2,1-4H3,(H2,20,21,22). The molecule has 0 aliphatic carbocycles. The van der Waals surface area contributed by atoms with Crippen LogP contribution >= 0.6 is 0 Å². The van der Waals surface area contributed by atoms with Gasteiger partial charge >= 0.3 is 0 Å². The number of aliphatic imine (C=N–C) groups is 1. The first-order chi connectivity index (χ1) is 14.0. The normalized spacial score (nSPS) is 15.8. The lowest BCUT2D eigenvalue weighted by atomic mass is 10.1. The van der Waals surface area contributed by atoms with Gasteiger partial charge in [0, 0.05) is 39.3 Å². The van der Waals surface area contributed by atoms with Crippen molar-refractivity contribution in [3.8, 4) is 0 Å². The summed E-state index contributed by atoms with van der Waals surface area (Å²) in [6.07, 6.45) is 0. The third kappa shape index (κ3) is 6.26. The number of rotatable bonds is 8. The summed E-state index contributed by atoms with van der Waals surface area (Å²) in [4.78, 5) is 7.05. The predicted octanol–water partition coefficient (Wildman–Crippen LogP) is 0.803. The third-order valence-corrected chi connectivity index (χ3v) is 4.98. The Morgan fingerprint density at radius 2 is 2.03 bits per heavy atom. The third-order valence-electron chi connectivity index (χ3n) is 4.98. The molecule has 0 amide bonds. The van der Waals surface area contributed by atoms with Crippen molar-refractivity contribution in [3.63, 3.8) is 0 Å². The largest absolute Gasteiger partial charge is 0.379 e. The first-order valence-corrected chi connectivity index (χ1v) is 10.2. The molecule has 0 unspecified atom stereocenters. The van der Waals surface area contributed by atoms with E-state index in [0.717, 1.165) is 62.5 Å². The summed E-state index contributed by atoms with van der Waals surface area (Å²) < 4.78 is 12.8. The molecule has 1 fully saturated rings. The lowest BCUT2D eigenvalue weighted by Gasteiger charge is -2.26. The average Bonchev–Trinajstić information content (AvgIpc) is 3.32. The molecule has 2 aromatic heterocycles. The van der Waals surface area contributed by atoms with Crippen LogP contribution in [0, 0.1) is 6.92 Å². The Hall–Kier alpha value is -2.46. The minimum absolute atomic E-state index is 0.339. The predicted molar refractivity (Wildman–Crippen MR) is 110 cm³/mol. The van der Waals surface area contributed by atoms with E-state index in [-0.39, 0.29) is 0 Å². The molecule has 0 saturated carbocycles. The van der Waals surface area contributed by atoms with Gasteiger partial charge in [-0.1, -0.05) is 19.0 Å². The summed E-state index contributed by atoms with van der Waals surface area (Å²) in [5.74, 6) is 3.52. The number of nitrogens with one attached hydrogen (secondary N) is 2. The Kier molecular flexibility index (Phi) is 7.59. The first-order valence-electron chi connectivity index (χ1n) is 10.2. The molecule has 1 aliphatic rings. The Morgan fingerprint density at radius 1 is 1.24 bits per heavy atom. The maximum Gasteiger partial charge on any atom is 0.192 e. The summed E-state index contributed by atoms with van der Waals surface area (Å²) in [6.45, 7) is 12.3. The van der Waals surface area contributed by atoms with Crippen molar-refractivity contribution in [2.45, 2.75) is 39.8 Å². The van der Waals surface area contributed by atoms with Gasteiger partial charge < -0.3 is 24.5 Å². The Bertz CT molecular complexity index is 792. The van der Waals surface area contributed by atoms with Crippen molar-refractivity contribution >= 4 is 5.96 Å². The molecular formula is C19H32N8O2. The molecule has 0 radical (unpaired) electrons. The molecule has 160 valence electrons. The number of aromatic nitrogens is 4. The van der Waals surface area contributed by atoms with E-state index in [4.69, 9.17) is 9.26 Å². The van der Waals surface area contributed by atoms with E-state index in [1.165, 1.54) is 0 Å².